The van der Waals surface area contributed by atoms with Crippen LogP contribution >= 0.6 is 10.0 Å². The van der Waals surface area contributed by atoms with Crippen molar-refractivity contribution in [3.63, 3.8) is 0 Å². The minimum absolute atomic E-state index is 0.456. The van der Waals surface area contributed by atoms with Gasteiger partial charge in [-0.15, -0.1) is 0 Å². The second kappa shape index (κ2) is 3.53. The van der Waals surface area contributed by atoms with E-state index in [4.69, 9.17) is 0 Å². The van der Waals surface area contributed by atoms with E-state index in [1.54, 1.807) is 0 Å². The van der Waals surface area contributed by atoms with Crippen LogP contribution in [0.3, 0.4) is 0 Å². The van der Waals surface area contributed by atoms with E-state index in [1.165, 1.54) is 5.56 Å². The summed E-state index contributed by atoms with van der Waals surface area (Å²) in [6.07, 6.45) is 7.10. The third-order valence-corrected chi connectivity index (χ3v) is 4.72. The number of hydrogen-bond donors (Lipinski definition) is 0. The molecule has 0 saturated heterocycles. The fraction of sp³-hybridized carbons (Fsp3) is 0.455. The van der Waals surface area contributed by atoms with Gasteiger partial charge in [0.25, 0.3) is 0 Å². The molecule has 0 nitrogen and oxygen atoms in total. The summed E-state index contributed by atoms with van der Waals surface area (Å²) in [5.74, 6) is 0. The van der Waals surface area contributed by atoms with Crippen molar-refractivity contribution < 1.29 is 0 Å². The first-order valence-electron chi connectivity index (χ1n) is 4.24. The predicted octanol–water partition coefficient (Wildman–Crippen LogP) is 3.44. The molecule has 0 aromatic heterocycles. The van der Waals surface area contributed by atoms with Gasteiger partial charge in [0.1, 0.15) is 0 Å². The summed E-state index contributed by atoms with van der Waals surface area (Å²) >= 11 is 0. The molecule has 0 heterocycles. The van der Waals surface area contributed by atoms with Crippen LogP contribution in [0.2, 0.25) is 0 Å². The van der Waals surface area contributed by atoms with Crippen molar-refractivity contribution in [2.75, 3.05) is 18.8 Å². The first-order valence-corrected chi connectivity index (χ1v) is 7.16. The Labute approximate surface area is 77.3 Å². The van der Waals surface area contributed by atoms with E-state index >= 15 is 0 Å². The largest absolute Gasteiger partial charge is 0.243 e. The Morgan fingerprint density at radius 2 is 1.50 bits per heavy atom. The smallest absolute Gasteiger partial charge is 0.0104 e. The lowest BCUT2D eigenvalue weighted by Gasteiger charge is -2.33. The monoisotopic (exact) mass is 182 g/mol. The average Bonchev–Trinajstić information content (AvgIpc) is 2.03. The molecule has 0 aliphatic heterocycles. The Hall–Kier alpha value is -0.430. The molecule has 0 radical (unpaired) electrons. The van der Waals surface area contributed by atoms with Gasteiger partial charge in [0, 0.05) is 5.25 Å². The van der Waals surface area contributed by atoms with Crippen molar-refractivity contribution in [3.05, 3.63) is 35.9 Å². The molecule has 68 valence electrons. The van der Waals surface area contributed by atoms with Crippen LogP contribution in [-0.2, 0) is 0 Å². The zero-order chi connectivity index (χ0) is 9.19. The van der Waals surface area contributed by atoms with Gasteiger partial charge in [-0.2, -0.15) is 0 Å². The molecule has 0 saturated carbocycles. The molecule has 1 rings (SSSR count). The van der Waals surface area contributed by atoms with Gasteiger partial charge in [0.15, 0.2) is 0 Å². The second-order valence-corrected chi connectivity index (χ2v) is 8.56. The van der Waals surface area contributed by atoms with Crippen LogP contribution in [0, 0.1) is 0 Å². The van der Waals surface area contributed by atoms with E-state index in [9.17, 15) is 0 Å². The summed E-state index contributed by atoms with van der Waals surface area (Å²) in [6.45, 7) is 2.32. The molecule has 1 aromatic carbocycles. The van der Waals surface area contributed by atoms with Crippen LogP contribution in [0.5, 0.6) is 0 Å². The molecular formula is C11H18S. The predicted molar refractivity (Wildman–Crippen MR) is 60.2 cm³/mol. The molecule has 0 N–H and O–H groups in total. The van der Waals surface area contributed by atoms with Gasteiger partial charge in [-0.1, -0.05) is 37.3 Å². The van der Waals surface area contributed by atoms with Crippen molar-refractivity contribution >= 4 is 10.0 Å². The van der Waals surface area contributed by atoms with Crippen molar-refractivity contribution in [1.82, 2.24) is 0 Å². The Bertz CT molecular complexity index is 233. The zero-order valence-corrected chi connectivity index (χ0v) is 9.19. The van der Waals surface area contributed by atoms with Gasteiger partial charge < -0.3 is 0 Å². The van der Waals surface area contributed by atoms with Crippen LogP contribution in [0.4, 0.5) is 0 Å². The first-order chi connectivity index (χ1) is 5.52. The van der Waals surface area contributed by atoms with Crippen molar-refractivity contribution in [3.8, 4) is 0 Å². The molecule has 1 heteroatoms. The highest BCUT2D eigenvalue weighted by molar-refractivity contribution is 8.32. The van der Waals surface area contributed by atoms with E-state index in [0.29, 0.717) is 5.25 Å². The average molecular weight is 182 g/mol. The summed E-state index contributed by atoms with van der Waals surface area (Å²) in [6, 6.07) is 10.8. The summed E-state index contributed by atoms with van der Waals surface area (Å²) in [5, 5.41) is 0.707. The normalized spacial score (nSPS) is 15.7. The Kier molecular flexibility index (Phi) is 2.84. The number of rotatable bonds is 2. The Morgan fingerprint density at radius 3 is 1.92 bits per heavy atom. The van der Waals surface area contributed by atoms with E-state index in [-0.39, 0.29) is 0 Å². The molecule has 0 spiro atoms. The summed E-state index contributed by atoms with van der Waals surface area (Å²) in [4.78, 5) is 0. The molecule has 1 atom stereocenters. The molecule has 1 unspecified atom stereocenters. The zero-order valence-electron chi connectivity index (χ0n) is 8.37. The molecule has 12 heavy (non-hydrogen) atoms. The highest BCUT2D eigenvalue weighted by atomic mass is 32.3. The topological polar surface area (TPSA) is 0 Å². The molecule has 0 aliphatic rings. The molecular weight excluding hydrogens is 164 g/mol. The van der Waals surface area contributed by atoms with Crippen LogP contribution in [0.25, 0.3) is 0 Å². The Morgan fingerprint density at radius 1 is 1.00 bits per heavy atom. The van der Waals surface area contributed by atoms with Gasteiger partial charge in [0.05, 0.1) is 0 Å². The first kappa shape index (κ1) is 9.66. The van der Waals surface area contributed by atoms with Crippen molar-refractivity contribution in [1.29, 1.82) is 0 Å². The summed E-state index contributed by atoms with van der Waals surface area (Å²) < 4.78 is 0. The van der Waals surface area contributed by atoms with Gasteiger partial charge in [-0.3, -0.25) is 0 Å². The van der Waals surface area contributed by atoms with E-state index in [1.807, 2.05) is 0 Å². The standard InChI is InChI=1S/C11H18S/c1-10(12(2,3)4)11-8-6-5-7-9-11/h5-10H,1-4H3. The Balaban J connectivity index is 2.86. The summed E-state index contributed by atoms with van der Waals surface area (Å²) in [5.41, 5.74) is 1.47. The van der Waals surface area contributed by atoms with Crippen LogP contribution < -0.4 is 0 Å². The van der Waals surface area contributed by atoms with E-state index < -0.39 is 10.0 Å². The lowest BCUT2D eigenvalue weighted by molar-refractivity contribution is 1.08. The fourth-order valence-corrected chi connectivity index (χ4v) is 2.11. The van der Waals surface area contributed by atoms with Crippen molar-refractivity contribution in [2.24, 2.45) is 0 Å². The highest BCUT2D eigenvalue weighted by Gasteiger charge is 2.15. The molecule has 0 fully saturated rings. The van der Waals surface area contributed by atoms with Gasteiger partial charge >= 0.3 is 0 Å². The van der Waals surface area contributed by atoms with Crippen LogP contribution in [0.15, 0.2) is 30.3 Å². The van der Waals surface area contributed by atoms with Gasteiger partial charge in [0.2, 0.25) is 0 Å². The second-order valence-electron chi connectivity index (χ2n) is 3.98. The summed E-state index contributed by atoms with van der Waals surface area (Å²) in [7, 11) is -0.456. The fourth-order valence-electron chi connectivity index (χ4n) is 1.13. The molecule has 1 aromatic rings. The van der Waals surface area contributed by atoms with Gasteiger partial charge in [-0.25, -0.2) is 10.0 Å². The molecule has 0 bridgehead atoms. The van der Waals surface area contributed by atoms with E-state index in [0.717, 1.165) is 0 Å². The SMILES string of the molecule is CC(c1ccccc1)S(C)(C)C. The maximum Gasteiger partial charge on any atom is 0.0104 e. The third kappa shape index (κ3) is 2.28. The number of hydrogen-bond acceptors (Lipinski definition) is 0. The van der Waals surface area contributed by atoms with Crippen molar-refractivity contribution in [2.45, 2.75) is 12.2 Å². The lowest BCUT2D eigenvalue weighted by Crippen LogP contribution is -2.02. The maximum atomic E-state index is 2.37. The van der Waals surface area contributed by atoms with E-state index in [2.05, 4.69) is 56.0 Å². The van der Waals surface area contributed by atoms with Crippen LogP contribution in [-0.4, -0.2) is 18.8 Å². The van der Waals surface area contributed by atoms with Gasteiger partial charge in [-0.05, 0) is 24.3 Å². The minimum atomic E-state index is -0.456. The highest BCUT2D eigenvalue weighted by Crippen LogP contribution is 2.50. The minimum Gasteiger partial charge on any atom is -0.243 e. The quantitative estimate of drug-likeness (QED) is 0.657. The maximum absolute atomic E-state index is 2.37. The molecule has 0 aliphatic carbocycles. The number of benzene rings is 1. The third-order valence-electron chi connectivity index (χ3n) is 2.33. The molecule has 0 amide bonds. The lowest BCUT2D eigenvalue weighted by atomic mass is 10.2. The van der Waals surface area contributed by atoms with Crippen LogP contribution in [0.1, 0.15) is 17.7 Å².